The number of nitrogens with zero attached hydrogens (tertiary/aromatic N) is 2. The summed E-state index contributed by atoms with van der Waals surface area (Å²) in [6.07, 6.45) is 0.176. The van der Waals surface area contributed by atoms with Crippen molar-refractivity contribution in [2.75, 3.05) is 13.1 Å². The second-order valence-corrected chi connectivity index (χ2v) is 4.47. The quantitative estimate of drug-likeness (QED) is 0.781. The van der Waals surface area contributed by atoms with Gasteiger partial charge in [0.2, 0.25) is 0 Å². The maximum absolute atomic E-state index is 12.0. The van der Waals surface area contributed by atoms with E-state index in [4.69, 9.17) is 23.2 Å². The summed E-state index contributed by atoms with van der Waals surface area (Å²) in [5.74, 6) is -0.178. The van der Waals surface area contributed by atoms with Crippen molar-refractivity contribution in [3.63, 3.8) is 0 Å². The fraction of sp³-hybridized carbons (Fsp3) is 0.400. The SMILES string of the molecule is O=C(c1cc(Cl)nc(Cl)c1)N1CCC(O)C1. The number of aliphatic hydroxyl groups is 1. The van der Waals surface area contributed by atoms with E-state index in [-0.39, 0.29) is 16.2 Å². The molecule has 2 heterocycles. The van der Waals surface area contributed by atoms with Gasteiger partial charge < -0.3 is 10.0 Å². The van der Waals surface area contributed by atoms with Gasteiger partial charge in [-0.25, -0.2) is 4.98 Å². The summed E-state index contributed by atoms with van der Waals surface area (Å²) in [4.78, 5) is 17.3. The summed E-state index contributed by atoms with van der Waals surface area (Å²) in [6.45, 7) is 0.911. The summed E-state index contributed by atoms with van der Waals surface area (Å²) in [6, 6.07) is 2.95. The van der Waals surface area contributed by atoms with Crippen molar-refractivity contribution >= 4 is 29.1 Å². The summed E-state index contributed by atoms with van der Waals surface area (Å²) < 4.78 is 0. The van der Waals surface area contributed by atoms with Crippen LogP contribution in [0, 0.1) is 0 Å². The van der Waals surface area contributed by atoms with Crippen molar-refractivity contribution in [2.45, 2.75) is 12.5 Å². The minimum atomic E-state index is -0.434. The third-order valence-electron chi connectivity index (χ3n) is 2.46. The van der Waals surface area contributed by atoms with Crippen LogP contribution in [0.5, 0.6) is 0 Å². The zero-order valence-corrected chi connectivity index (χ0v) is 9.87. The number of halogens is 2. The molecule has 1 unspecified atom stereocenters. The van der Waals surface area contributed by atoms with Crippen molar-refractivity contribution in [2.24, 2.45) is 0 Å². The Balaban J connectivity index is 2.20. The highest BCUT2D eigenvalue weighted by atomic mass is 35.5. The van der Waals surface area contributed by atoms with Gasteiger partial charge in [-0.05, 0) is 18.6 Å². The molecule has 1 aliphatic rings. The number of hydrogen-bond acceptors (Lipinski definition) is 3. The molecule has 16 heavy (non-hydrogen) atoms. The molecular weight excluding hydrogens is 251 g/mol. The summed E-state index contributed by atoms with van der Waals surface area (Å²) in [7, 11) is 0. The molecule has 1 fully saturated rings. The molecule has 1 aromatic heterocycles. The second-order valence-electron chi connectivity index (χ2n) is 3.69. The molecule has 0 aliphatic carbocycles. The lowest BCUT2D eigenvalue weighted by atomic mass is 10.2. The Labute approximate surface area is 103 Å². The first-order valence-electron chi connectivity index (χ1n) is 4.86. The van der Waals surface area contributed by atoms with Crippen LogP contribution in [0.4, 0.5) is 0 Å². The van der Waals surface area contributed by atoms with Gasteiger partial charge in [0.15, 0.2) is 0 Å². The molecule has 4 nitrogen and oxygen atoms in total. The van der Waals surface area contributed by atoms with Gasteiger partial charge in [0.05, 0.1) is 6.10 Å². The number of amides is 1. The number of likely N-dealkylation sites (tertiary alicyclic amines) is 1. The van der Waals surface area contributed by atoms with Crippen LogP contribution in [0.3, 0.4) is 0 Å². The molecule has 1 aliphatic heterocycles. The molecule has 1 aromatic rings. The zero-order chi connectivity index (χ0) is 11.7. The number of aromatic nitrogens is 1. The molecule has 1 saturated heterocycles. The summed E-state index contributed by atoms with van der Waals surface area (Å²) >= 11 is 11.4. The molecule has 0 radical (unpaired) electrons. The van der Waals surface area contributed by atoms with Gasteiger partial charge in [-0.1, -0.05) is 23.2 Å². The van der Waals surface area contributed by atoms with Crippen LogP contribution in [0.1, 0.15) is 16.8 Å². The molecule has 2 rings (SSSR count). The number of carbonyl (C=O) groups is 1. The van der Waals surface area contributed by atoms with Gasteiger partial charge in [0.25, 0.3) is 5.91 Å². The highest BCUT2D eigenvalue weighted by Gasteiger charge is 2.25. The van der Waals surface area contributed by atoms with E-state index < -0.39 is 6.10 Å². The molecule has 0 spiro atoms. The highest BCUT2D eigenvalue weighted by molar-refractivity contribution is 6.33. The van der Waals surface area contributed by atoms with Gasteiger partial charge in [-0.3, -0.25) is 4.79 Å². The minimum Gasteiger partial charge on any atom is -0.391 e. The maximum atomic E-state index is 12.0. The van der Waals surface area contributed by atoms with E-state index in [0.29, 0.717) is 25.1 Å². The second kappa shape index (κ2) is 4.57. The van der Waals surface area contributed by atoms with Gasteiger partial charge in [0.1, 0.15) is 10.3 Å². The molecule has 1 N–H and O–H groups in total. The number of β-amino-alcohol motifs (C(OH)–C–C–N with tert-alkyl or cyclic N) is 1. The molecule has 1 atom stereocenters. The average molecular weight is 261 g/mol. The Morgan fingerprint density at radius 2 is 2.06 bits per heavy atom. The average Bonchev–Trinajstić information content (AvgIpc) is 2.62. The molecule has 6 heteroatoms. The predicted molar refractivity (Wildman–Crippen MR) is 60.8 cm³/mol. The fourth-order valence-electron chi connectivity index (χ4n) is 1.70. The zero-order valence-electron chi connectivity index (χ0n) is 8.36. The fourth-order valence-corrected chi connectivity index (χ4v) is 2.16. The standard InChI is InChI=1S/C10H10Cl2N2O2/c11-8-3-6(4-9(12)13-8)10(16)14-2-1-7(15)5-14/h3-4,7,15H,1-2,5H2. The van der Waals surface area contributed by atoms with Gasteiger partial charge in [-0.2, -0.15) is 0 Å². The van der Waals surface area contributed by atoms with Crippen LogP contribution in [0.2, 0.25) is 10.3 Å². The first kappa shape index (κ1) is 11.6. The number of aliphatic hydroxyl groups excluding tert-OH is 1. The molecule has 1 amide bonds. The van der Waals surface area contributed by atoms with E-state index in [9.17, 15) is 9.90 Å². The van der Waals surface area contributed by atoms with Crippen LogP contribution in [-0.4, -0.2) is 40.1 Å². The van der Waals surface area contributed by atoms with E-state index in [1.165, 1.54) is 12.1 Å². The first-order chi connectivity index (χ1) is 7.56. The third-order valence-corrected chi connectivity index (χ3v) is 2.85. The van der Waals surface area contributed by atoms with Crippen LogP contribution in [0.25, 0.3) is 0 Å². The smallest absolute Gasteiger partial charge is 0.254 e. The lowest BCUT2D eigenvalue weighted by Gasteiger charge is -2.15. The Morgan fingerprint density at radius 1 is 1.44 bits per heavy atom. The lowest BCUT2D eigenvalue weighted by Crippen LogP contribution is -2.29. The van der Waals surface area contributed by atoms with Crippen LogP contribution in [-0.2, 0) is 0 Å². The topological polar surface area (TPSA) is 53.4 Å². The van der Waals surface area contributed by atoms with Crippen molar-refractivity contribution in [1.82, 2.24) is 9.88 Å². The van der Waals surface area contributed by atoms with E-state index >= 15 is 0 Å². The van der Waals surface area contributed by atoms with E-state index in [2.05, 4.69) is 4.98 Å². The predicted octanol–water partition coefficient (Wildman–Crippen LogP) is 1.60. The maximum Gasteiger partial charge on any atom is 0.254 e. The highest BCUT2D eigenvalue weighted by Crippen LogP contribution is 2.18. The molecule has 0 saturated carbocycles. The number of carbonyl (C=O) groups excluding carboxylic acids is 1. The molecular formula is C10H10Cl2N2O2. The van der Waals surface area contributed by atoms with Crippen molar-refractivity contribution in [3.8, 4) is 0 Å². The van der Waals surface area contributed by atoms with Gasteiger partial charge >= 0.3 is 0 Å². The number of rotatable bonds is 1. The number of hydrogen-bond donors (Lipinski definition) is 1. The van der Waals surface area contributed by atoms with Gasteiger partial charge in [0, 0.05) is 18.7 Å². The third kappa shape index (κ3) is 2.45. The largest absolute Gasteiger partial charge is 0.391 e. The Hall–Kier alpha value is -0.840. The van der Waals surface area contributed by atoms with E-state index in [1.54, 1.807) is 4.90 Å². The monoisotopic (exact) mass is 260 g/mol. The Bertz CT molecular complexity index is 405. The van der Waals surface area contributed by atoms with Crippen LogP contribution >= 0.6 is 23.2 Å². The lowest BCUT2D eigenvalue weighted by molar-refractivity contribution is 0.0765. The van der Waals surface area contributed by atoms with E-state index in [1.807, 2.05) is 0 Å². The number of pyridine rings is 1. The molecule has 86 valence electrons. The minimum absolute atomic E-state index is 0.178. The Morgan fingerprint density at radius 3 is 2.56 bits per heavy atom. The van der Waals surface area contributed by atoms with Crippen molar-refractivity contribution < 1.29 is 9.90 Å². The van der Waals surface area contributed by atoms with Crippen LogP contribution in [0.15, 0.2) is 12.1 Å². The first-order valence-corrected chi connectivity index (χ1v) is 5.62. The van der Waals surface area contributed by atoms with Gasteiger partial charge in [-0.15, -0.1) is 0 Å². The van der Waals surface area contributed by atoms with E-state index in [0.717, 1.165) is 0 Å². The normalized spacial score (nSPS) is 20.2. The Kier molecular flexibility index (Phi) is 3.33. The molecule has 0 aromatic carbocycles. The molecule has 0 bridgehead atoms. The summed E-state index contributed by atoms with van der Waals surface area (Å²) in [5, 5.41) is 9.73. The summed E-state index contributed by atoms with van der Waals surface area (Å²) in [5.41, 5.74) is 0.402. The van der Waals surface area contributed by atoms with Crippen molar-refractivity contribution in [1.29, 1.82) is 0 Å². The van der Waals surface area contributed by atoms with Crippen LogP contribution < -0.4 is 0 Å². The van der Waals surface area contributed by atoms with Crippen molar-refractivity contribution in [3.05, 3.63) is 28.0 Å².